The fraction of sp³-hybridized carbons (Fsp3) is 0.917. The van der Waals surface area contributed by atoms with Gasteiger partial charge in [-0.2, -0.15) is 0 Å². The molecular weight excluding hydrogens is 311 g/mol. The van der Waals surface area contributed by atoms with E-state index in [-0.39, 0.29) is 5.97 Å². The SMILES string of the molecule is CC(=O)OCCCCCCCCCC[Si](Cl)(Cl)Cl. The first kappa shape index (κ1) is 18.6. The zero-order valence-corrected chi connectivity index (χ0v) is 14.3. The smallest absolute Gasteiger partial charge is 0.341 e. The van der Waals surface area contributed by atoms with E-state index in [0.29, 0.717) is 6.61 Å². The molecule has 6 heteroatoms. The fourth-order valence-electron chi connectivity index (χ4n) is 1.70. The lowest BCUT2D eigenvalue weighted by Gasteiger charge is -2.06. The first-order valence-electron chi connectivity index (χ1n) is 6.62. The number of hydrogen-bond acceptors (Lipinski definition) is 2. The Hall–Kier alpha value is 0.557. The van der Waals surface area contributed by atoms with Crippen LogP contribution in [0.15, 0.2) is 0 Å². The summed E-state index contributed by atoms with van der Waals surface area (Å²) >= 11 is 17.4. The average molecular weight is 334 g/mol. The van der Waals surface area contributed by atoms with Gasteiger partial charge >= 0.3 is 12.0 Å². The summed E-state index contributed by atoms with van der Waals surface area (Å²) in [5.74, 6) is -0.187. The number of halogens is 3. The first-order chi connectivity index (χ1) is 8.42. The number of rotatable bonds is 11. The molecule has 0 aliphatic heterocycles. The lowest BCUT2D eigenvalue weighted by atomic mass is 10.1. The van der Waals surface area contributed by atoms with Crippen molar-refractivity contribution in [2.24, 2.45) is 0 Å². The molecule has 2 nitrogen and oxygen atoms in total. The number of hydrogen-bond donors (Lipinski definition) is 0. The summed E-state index contributed by atoms with van der Waals surface area (Å²) < 4.78 is 4.86. The maximum Gasteiger partial charge on any atom is 0.341 e. The van der Waals surface area contributed by atoms with Gasteiger partial charge in [0, 0.05) is 6.92 Å². The van der Waals surface area contributed by atoms with Crippen LogP contribution in [0.4, 0.5) is 0 Å². The molecule has 18 heavy (non-hydrogen) atoms. The predicted octanol–water partition coefficient (Wildman–Crippen LogP) is 5.33. The molecule has 0 spiro atoms. The molecule has 0 heterocycles. The second kappa shape index (κ2) is 11.4. The van der Waals surface area contributed by atoms with Gasteiger partial charge < -0.3 is 4.74 Å². The van der Waals surface area contributed by atoms with Crippen LogP contribution in [-0.2, 0) is 9.53 Å². The summed E-state index contributed by atoms with van der Waals surface area (Å²) in [5.41, 5.74) is 0. The number of carbonyl (C=O) groups excluding carboxylic acids is 1. The minimum absolute atomic E-state index is 0.187. The Morgan fingerprint density at radius 3 is 1.78 bits per heavy atom. The van der Waals surface area contributed by atoms with Crippen LogP contribution < -0.4 is 0 Å². The second-order valence-electron chi connectivity index (χ2n) is 4.53. The third kappa shape index (κ3) is 16.6. The van der Waals surface area contributed by atoms with Crippen molar-refractivity contribution in [3.63, 3.8) is 0 Å². The van der Waals surface area contributed by atoms with Crippen molar-refractivity contribution in [3.8, 4) is 0 Å². The molecule has 0 aliphatic carbocycles. The summed E-state index contributed by atoms with van der Waals surface area (Å²) in [6.45, 7) is 2.00. The maximum absolute atomic E-state index is 10.5. The first-order valence-corrected chi connectivity index (χ1v) is 11.9. The van der Waals surface area contributed by atoms with Gasteiger partial charge in [0.25, 0.3) is 0 Å². The van der Waals surface area contributed by atoms with Crippen LogP contribution in [-0.4, -0.2) is 18.6 Å². The van der Waals surface area contributed by atoms with Crippen LogP contribution in [0, 0.1) is 0 Å². The highest BCUT2D eigenvalue weighted by Crippen LogP contribution is 2.27. The molecule has 0 radical (unpaired) electrons. The van der Waals surface area contributed by atoms with E-state index in [0.717, 1.165) is 31.7 Å². The van der Waals surface area contributed by atoms with E-state index in [1.54, 1.807) is 0 Å². The minimum atomic E-state index is -2.38. The highest BCUT2D eigenvalue weighted by atomic mass is 35.8. The Balaban J connectivity index is 3.06. The third-order valence-electron chi connectivity index (χ3n) is 2.66. The Morgan fingerprint density at radius 1 is 0.889 bits per heavy atom. The molecule has 0 aromatic heterocycles. The Bertz CT molecular complexity index is 220. The largest absolute Gasteiger partial charge is 0.466 e. The summed E-state index contributed by atoms with van der Waals surface area (Å²) in [4.78, 5) is 10.5. The topological polar surface area (TPSA) is 26.3 Å². The molecular formula is C12H23Cl3O2Si. The maximum atomic E-state index is 10.5. The van der Waals surface area contributed by atoms with Crippen molar-refractivity contribution < 1.29 is 9.53 Å². The molecule has 0 amide bonds. The van der Waals surface area contributed by atoms with E-state index < -0.39 is 6.00 Å². The highest BCUT2D eigenvalue weighted by Gasteiger charge is 2.23. The van der Waals surface area contributed by atoms with Crippen LogP contribution in [0.3, 0.4) is 0 Å². The van der Waals surface area contributed by atoms with Gasteiger partial charge in [0.1, 0.15) is 0 Å². The van der Waals surface area contributed by atoms with Gasteiger partial charge in [-0.15, -0.1) is 33.2 Å². The predicted molar refractivity (Wildman–Crippen MR) is 81.7 cm³/mol. The van der Waals surface area contributed by atoms with Crippen LogP contribution in [0.2, 0.25) is 6.04 Å². The van der Waals surface area contributed by atoms with E-state index in [9.17, 15) is 4.79 Å². The van der Waals surface area contributed by atoms with Crippen molar-refractivity contribution in [1.29, 1.82) is 0 Å². The van der Waals surface area contributed by atoms with Gasteiger partial charge in [-0.1, -0.05) is 44.9 Å². The molecule has 0 atom stereocenters. The lowest BCUT2D eigenvalue weighted by Crippen LogP contribution is -2.07. The fourth-order valence-corrected chi connectivity index (χ4v) is 3.56. The molecule has 0 aromatic rings. The van der Waals surface area contributed by atoms with Gasteiger partial charge in [-0.3, -0.25) is 4.79 Å². The summed E-state index contributed by atoms with van der Waals surface area (Å²) in [6, 6.07) is -1.60. The number of carbonyl (C=O) groups is 1. The number of esters is 1. The molecule has 0 saturated heterocycles. The van der Waals surface area contributed by atoms with E-state index in [1.165, 1.54) is 32.6 Å². The van der Waals surface area contributed by atoms with Crippen molar-refractivity contribution in [2.75, 3.05) is 6.61 Å². The van der Waals surface area contributed by atoms with Crippen LogP contribution in [0.1, 0.15) is 58.3 Å². The number of ether oxygens (including phenoxy) is 1. The van der Waals surface area contributed by atoms with Gasteiger partial charge in [0.2, 0.25) is 0 Å². The molecule has 0 bridgehead atoms. The van der Waals surface area contributed by atoms with Crippen molar-refractivity contribution in [2.45, 2.75) is 64.3 Å². The Kier molecular flexibility index (Phi) is 11.7. The van der Waals surface area contributed by atoms with Crippen LogP contribution >= 0.6 is 33.2 Å². The zero-order valence-electron chi connectivity index (χ0n) is 11.0. The molecule has 0 aliphatic rings. The van der Waals surface area contributed by atoms with E-state index in [2.05, 4.69) is 0 Å². The van der Waals surface area contributed by atoms with Crippen molar-refractivity contribution in [1.82, 2.24) is 0 Å². The van der Waals surface area contributed by atoms with Gasteiger partial charge in [0.05, 0.1) is 6.61 Å². The van der Waals surface area contributed by atoms with Gasteiger partial charge in [-0.05, 0) is 12.5 Å². The lowest BCUT2D eigenvalue weighted by molar-refractivity contribution is -0.141. The summed E-state index contributed by atoms with van der Waals surface area (Å²) in [6.07, 6.45) is 9.22. The second-order valence-corrected chi connectivity index (χ2v) is 13.8. The Labute approximate surface area is 125 Å². The van der Waals surface area contributed by atoms with Crippen LogP contribution in [0.5, 0.6) is 0 Å². The standard InChI is InChI=1S/C12H23Cl3O2Si/c1-12(16)17-10-8-6-4-2-3-5-7-9-11-18(13,14)15/h2-11H2,1H3. The normalized spacial score (nSPS) is 11.6. The molecule has 0 saturated carbocycles. The minimum Gasteiger partial charge on any atom is -0.466 e. The van der Waals surface area contributed by atoms with E-state index in [1.807, 2.05) is 0 Å². The van der Waals surface area contributed by atoms with E-state index >= 15 is 0 Å². The molecule has 0 fully saturated rings. The summed E-state index contributed by atoms with van der Waals surface area (Å²) in [5, 5.41) is 0. The van der Waals surface area contributed by atoms with Crippen molar-refractivity contribution >= 4 is 45.2 Å². The molecule has 0 aromatic carbocycles. The number of unbranched alkanes of at least 4 members (excludes halogenated alkanes) is 7. The average Bonchev–Trinajstić information content (AvgIpc) is 2.24. The summed E-state index contributed by atoms with van der Waals surface area (Å²) in [7, 11) is 0. The van der Waals surface area contributed by atoms with Gasteiger partial charge in [0.15, 0.2) is 0 Å². The molecule has 108 valence electrons. The molecule has 0 N–H and O–H groups in total. The van der Waals surface area contributed by atoms with Crippen molar-refractivity contribution in [3.05, 3.63) is 0 Å². The van der Waals surface area contributed by atoms with Crippen LogP contribution in [0.25, 0.3) is 0 Å². The van der Waals surface area contributed by atoms with E-state index in [4.69, 9.17) is 38.0 Å². The quantitative estimate of drug-likeness (QED) is 0.221. The zero-order chi connectivity index (χ0) is 13.9. The molecule has 0 unspecified atom stereocenters. The Morgan fingerprint density at radius 2 is 1.33 bits per heavy atom. The highest BCUT2D eigenvalue weighted by molar-refractivity contribution is 7.64. The van der Waals surface area contributed by atoms with Gasteiger partial charge in [-0.25, -0.2) is 0 Å². The third-order valence-corrected chi connectivity index (χ3v) is 5.28. The molecule has 0 rings (SSSR count). The monoisotopic (exact) mass is 332 g/mol.